The number of benzene rings is 10. The molecule has 0 saturated carbocycles. The van der Waals surface area contributed by atoms with Crippen molar-refractivity contribution >= 4 is 54.6 Å². The van der Waals surface area contributed by atoms with E-state index in [1.54, 1.807) is 6.07 Å². The molecule has 0 radical (unpaired) electrons. The summed E-state index contributed by atoms with van der Waals surface area (Å²) in [4.78, 5) is 4.98. The zero-order chi connectivity index (χ0) is 57.7. The van der Waals surface area contributed by atoms with Crippen LogP contribution in [-0.4, -0.2) is 18.7 Å². The van der Waals surface area contributed by atoms with E-state index in [1.165, 1.54) is 10.1 Å². The molecular formula is C70H49N5OPt-2. The van der Waals surface area contributed by atoms with Crippen LogP contribution in [0.4, 0.5) is 0 Å². The maximum Gasteiger partial charge on any atom is 0.268 e. The van der Waals surface area contributed by atoms with Gasteiger partial charge in [-0.25, -0.2) is 4.98 Å². The Morgan fingerprint density at radius 2 is 1.18 bits per heavy atom. The molecule has 0 bridgehead atoms. The molecule has 4 heterocycles. The van der Waals surface area contributed by atoms with Gasteiger partial charge in [0.15, 0.2) is 0 Å². The topological polar surface area (TPSA) is 40.8 Å². The van der Waals surface area contributed by atoms with Gasteiger partial charge < -0.3 is 18.4 Å². The van der Waals surface area contributed by atoms with Gasteiger partial charge in [0.1, 0.15) is 5.82 Å². The van der Waals surface area contributed by atoms with Crippen molar-refractivity contribution in [1.82, 2.24) is 18.7 Å². The molecule has 0 fully saturated rings. The van der Waals surface area contributed by atoms with Gasteiger partial charge in [0, 0.05) is 60.7 Å². The molecule has 0 aliphatic heterocycles. The molecule has 0 N–H and O–H groups in total. The minimum Gasteiger partial charge on any atom is -0.510 e. The third kappa shape index (κ3) is 8.43. The second-order valence-electron chi connectivity index (χ2n) is 19.5. The molecular weight excluding hydrogens is 1120 g/mol. The van der Waals surface area contributed by atoms with E-state index in [-0.39, 0.29) is 60.4 Å². The average Bonchev–Trinajstić information content (AvgIpc) is 1.68. The molecule has 0 amide bonds. The number of aromatic nitrogens is 5. The quantitative estimate of drug-likeness (QED) is 0.0956. The van der Waals surface area contributed by atoms with Gasteiger partial charge in [0.25, 0.3) is 6.33 Å². The third-order valence-electron chi connectivity index (χ3n) is 14.4. The van der Waals surface area contributed by atoms with Gasteiger partial charge in [0.05, 0.1) is 38.7 Å². The number of hydrogen-bond donors (Lipinski definition) is 0. The summed E-state index contributed by atoms with van der Waals surface area (Å²) in [5.41, 5.74) is 11.7. The Labute approximate surface area is 472 Å². The van der Waals surface area contributed by atoms with Crippen molar-refractivity contribution in [3.05, 3.63) is 278 Å². The number of hydrogen-bond acceptors (Lipinski definition) is 2. The smallest absolute Gasteiger partial charge is 0.268 e. The molecule has 10 aromatic carbocycles. The van der Waals surface area contributed by atoms with Crippen LogP contribution in [0, 0.1) is 18.5 Å². The maximum absolute atomic E-state index is 9.20. The number of ether oxygens (including phenoxy) is 1. The van der Waals surface area contributed by atoms with Crippen molar-refractivity contribution < 1.29 is 41.3 Å². The van der Waals surface area contributed by atoms with Crippen LogP contribution in [0.15, 0.2) is 249 Å². The van der Waals surface area contributed by atoms with Crippen molar-refractivity contribution in [2.75, 3.05) is 0 Å². The van der Waals surface area contributed by atoms with Crippen LogP contribution in [0.25, 0.3) is 99.8 Å². The number of fused-ring (bicyclic) bond motifs is 7. The molecule has 4 aromatic heterocycles. The summed E-state index contributed by atoms with van der Waals surface area (Å²) in [6.07, 6.45) is 6.26. The van der Waals surface area contributed by atoms with Gasteiger partial charge in [0.2, 0.25) is 0 Å². The largest absolute Gasteiger partial charge is 0.510 e. The molecule has 14 aromatic rings. The fraction of sp³-hybridized carbons (Fsp3) is 0.0571. The summed E-state index contributed by atoms with van der Waals surface area (Å²) in [5.74, 6) is 1.46. The molecule has 0 aliphatic carbocycles. The Balaban J connectivity index is 0.00000672. The van der Waals surface area contributed by atoms with Crippen LogP contribution in [0.3, 0.4) is 0 Å². The Kier molecular flexibility index (Phi) is 9.99. The van der Waals surface area contributed by atoms with Crippen LogP contribution >= 0.6 is 0 Å². The van der Waals surface area contributed by atoms with Gasteiger partial charge in [-0.15, -0.1) is 29.7 Å². The zero-order valence-electron chi connectivity index (χ0n) is 49.7. The van der Waals surface area contributed by atoms with E-state index in [1.807, 2.05) is 94.2 Å². The third-order valence-corrected chi connectivity index (χ3v) is 14.4. The molecule has 77 heavy (non-hydrogen) atoms. The van der Waals surface area contributed by atoms with Gasteiger partial charge in [-0.1, -0.05) is 189 Å². The minimum absolute atomic E-state index is 0. The van der Waals surface area contributed by atoms with E-state index in [4.69, 9.17) is 17.9 Å². The Morgan fingerprint density at radius 3 is 1.90 bits per heavy atom. The number of pyridine rings is 1. The summed E-state index contributed by atoms with van der Waals surface area (Å²) in [6, 6.07) is 68.8. The first kappa shape index (κ1) is 39.3. The van der Waals surface area contributed by atoms with Crippen molar-refractivity contribution in [3.8, 4) is 56.6 Å². The maximum atomic E-state index is 9.20. The van der Waals surface area contributed by atoms with E-state index in [0.29, 0.717) is 40.6 Å². The van der Waals surface area contributed by atoms with Crippen molar-refractivity contribution in [1.29, 1.82) is 0 Å². The van der Waals surface area contributed by atoms with Gasteiger partial charge in [-0.2, -0.15) is 18.2 Å². The van der Waals surface area contributed by atoms with Crippen molar-refractivity contribution in [3.63, 3.8) is 0 Å². The van der Waals surface area contributed by atoms with E-state index in [0.717, 1.165) is 60.8 Å². The van der Waals surface area contributed by atoms with Crippen molar-refractivity contribution in [2.24, 2.45) is 0 Å². The first-order valence-electron chi connectivity index (χ1n) is 29.2. The Morgan fingerprint density at radius 1 is 0.545 bits per heavy atom. The molecule has 0 spiro atoms. The molecule has 0 saturated heterocycles. The van der Waals surface area contributed by atoms with E-state index >= 15 is 0 Å². The fourth-order valence-corrected chi connectivity index (χ4v) is 10.9. The molecule has 14 rings (SSSR count). The van der Waals surface area contributed by atoms with E-state index in [9.17, 15) is 2.74 Å². The normalized spacial score (nSPS) is 13.2. The number of imidazole rings is 1. The summed E-state index contributed by atoms with van der Waals surface area (Å²) in [6.45, 7) is 4.45. The molecule has 7 heteroatoms. The molecule has 0 atom stereocenters. The SMILES string of the molecule is [2H]c1c([2H])c([2H])c2c(c1[2H])c1c([2H])c([2H])c([2H])c([2H])c1n2-c1ccc2c(c1)c1ccc(Oc3[c-]c(-n4[c-][n+](-c5c(-c6ccccc6)cccc5-c5ccccc5)c5ccccc54)ccc3)[c-]c1n2-c1cc(CC(C)(C)c2ccccc2)ccn1.[Pt]. The standard InChI is InChI=1S/C70H49N5O.Pt/c1-70(2,51-24-10-5-11-25-51)46-48-40-41-71-68(42-48)75-64-39-36-53(74-62-32-14-12-28-58(62)59-29-13-15-33-63(59)74)44-61(64)60-38-37-55(45-67(60)75)76-54-27-18-26-52(43-54)72-47-73(66-35-17-16-34-65(66)72)69-56(49-20-6-3-7-21-49)30-19-31-57(69)50-22-8-4-9-23-50;/h3-42,44H,46H2,1-2H3;/q-2;/i12D,13D,14D,15D,28D,29D,32D,33D;. The Hall–Kier alpha value is -9.09. The van der Waals surface area contributed by atoms with Gasteiger partial charge >= 0.3 is 0 Å². The average molecular weight is 1180 g/mol. The summed E-state index contributed by atoms with van der Waals surface area (Å²) in [7, 11) is 0. The van der Waals surface area contributed by atoms with Crippen LogP contribution < -0.4 is 9.30 Å². The Bertz CT molecular complexity index is 4850. The van der Waals surface area contributed by atoms with Gasteiger partial charge in [-0.05, 0) is 98.7 Å². The number of rotatable bonds is 11. The zero-order valence-corrected chi connectivity index (χ0v) is 44.0. The van der Waals surface area contributed by atoms with Crippen LogP contribution in [0.2, 0.25) is 0 Å². The van der Waals surface area contributed by atoms with Crippen molar-refractivity contribution in [2.45, 2.75) is 25.7 Å². The molecule has 6 nitrogen and oxygen atoms in total. The molecule has 0 unspecified atom stereocenters. The summed E-state index contributed by atoms with van der Waals surface area (Å²) in [5, 5.41) is 1.49. The summed E-state index contributed by atoms with van der Waals surface area (Å²) < 4.78 is 85.6. The second-order valence-corrected chi connectivity index (χ2v) is 19.5. The number of nitrogens with zero attached hydrogens (tertiary/aromatic N) is 5. The molecule has 0 aliphatic rings. The fourth-order valence-electron chi connectivity index (χ4n) is 10.9. The van der Waals surface area contributed by atoms with Crippen LogP contribution in [-0.2, 0) is 32.9 Å². The van der Waals surface area contributed by atoms with Crippen LogP contribution in [0.1, 0.15) is 35.9 Å². The predicted molar refractivity (Wildman–Crippen MR) is 308 cm³/mol. The first-order valence-corrected chi connectivity index (χ1v) is 25.2. The monoisotopic (exact) mass is 1180 g/mol. The minimum atomic E-state index is -0.500. The van der Waals surface area contributed by atoms with Crippen LogP contribution in [0.5, 0.6) is 11.5 Å². The molecule has 372 valence electrons. The van der Waals surface area contributed by atoms with E-state index < -0.39 is 36.3 Å². The summed E-state index contributed by atoms with van der Waals surface area (Å²) >= 11 is 0. The predicted octanol–water partition coefficient (Wildman–Crippen LogP) is 16.5. The number of para-hydroxylation sites is 5. The van der Waals surface area contributed by atoms with E-state index in [2.05, 4.69) is 146 Å². The second kappa shape index (κ2) is 19.6. The first-order chi connectivity index (χ1) is 40.8. The van der Waals surface area contributed by atoms with Gasteiger partial charge in [-0.3, -0.25) is 4.57 Å².